The number of hydrogen-bond acceptors (Lipinski definition) is 5. The second-order valence-corrected chi connectivity index (χ2v) is 10.3. The van der Waals surface area contributed by atoms with Gasteiger partial charge >= 0.3 is 0 Å². The molecule has 6 nitrogen and oxygen atoms in total. The van der Waals surface area contributed by atoms with Gasteiger partial charge in [0.2, 0.25) is 5.91 Å². The molecule has 1 fully saturated rings. The van der Waals surface area contributed by atoms with E-state index in [4.69, 9.17) is 34.8 Å². The summed E-state index contributed by atoms with van der Waals surface area (Å²) < 4.78 is 0. The molecule has 3 aromatic rings. The quantitative estimate of drug-likeness (QED) is 0.316. The Labute approximate surface area is 227 Å². The highest BCUT2D eigenvalue weighted by Crippen LogP contribution is 2.25. The van der Waals surface area contributed by atoms with Crippen LogP contribution in [0.2, 0.25) is 15.1 Å². The summed E-state index contributed by atoms with van der Waals surface area (Å²) in [5.74, 6) is -0.0491. The number of carbonyl (C=O) groups is 1. The maximum absolute atomic E-state index is 12.2. The summed E-state index contributed by atoms with van der Waals surface area (Å²) in [5, 5.41) is 9.40. The maximum Gasteiger partial charge on any atom is 0.224 e. The number of benzene rings is 2. The van der Waals surface area contributed by atoms with Gasteiger partial charge in [-0.25, -0.2) is 0 Å². The van der Waals surface area contributed by atoms with E-state index in [2.05, 4.69) is 25.4 Å². The number of pyridine rings is 1. The van der Waals surface area contributed by atoms with Crippen molar-refractivity contribution in [1.29, 1.82) is 0 Å². The first kappa shape index (κ1) is 27.0. The van der Waals surface area contributed by atoms with E-state index in [1.54, 1.807) is 18.2 Å². The highest BCUT2D eigenvalue weighted by Gasteiger charge is 2.16. The normalized spacial score (nSPS) is 14.8. The van der Waals surface area contributed by atoms with Crippen LogP contribution in [-0.2, 0) is 11.2 Å². The van der Waals surface area contributed by atoms with Crippen LogP contribution in [-0.4, -0.2) is 73.0 Å². The zero-order valence-electron chi connectivity index (χ0n) is 20.3. The third-order valence-electron chi connectivity index (χ3n) is 6.51. The van der Waals surface area contributed by atoms with Crippen molar-refractivity contribution in [3.8, 4) is 0 Å². The predicted molar refractivity (Wildman–Crippen MR) is 151 cm³/mol. The van der Waals surface area contributed by atoms with Gasteiger partial charge in [-0.1, -0.05) is 40.9 Å². The van der Waals surface area contributed by atoms with Crippen molar-refractivity contribution >= 4 is 57.3 Å². The largest absolute Gasteiger partial charge is 0.384 e. The van der Waals surface area contributed by atoms with Crippen LogP contribution in [0.15, 0.2) is 48.7 Å². The molecule has 1 saturated heterocycles. The summed E-state index contributed by atoms with van der Waals surface area (Å²) in [6.45, 7) is 7.92. The number of aromatic nitrogens is 1. The summed E-state index contributed by atoms with van der Waals surface area (Å²) in [6.07, 6.45) is 4.04. The lowest BCUT2D eigenvalue weighted by molar-refractivity contribution is -0.120. The van der Waals surface area contributed by atoms with Crippen molar-refractivity contribution in [2.75, 3.05) is 57.7 Å². The van der Waals surface area contributed by atoms with E-state index in [9.17, 15) is 4.79 Å². The Kier molecular flexibility index (Phi) is 10.1. The molecule has 1 aliphatic heterocycles. The van der Waals surface area contributed by atoms with Gasteiger partial charge in [-0.05, 0) is 67.9 Å². The molecule has 1 aliphatic rings. The van der Waals surface area contributed by atoms with E-state index in [0.717, 1.165) is 75.2 Å². The topological polar surface area (TPSA) is 60.5 Å². The Morgan fingerprint density at radius 1 is 0.889 bits per heavy atom. The maximum atomic E-state index is 12.2. The van der Waals surface area contributed by atoms with E-state index >= 15 is 0 Å². The molecule has 2 aromatic carbocycles. The second kappa shape index (κ2) is 13.5. The fourth-order valence-corrected chi connectivity index (χ4v) is 5.19. The number of nitrogens with one attached hydrogen (secondary N) is 2. The molecule has 0 atom stereocenters. The fraction of sp³-hybridized carbons (Fsp3) is 0.407. The van der Waals surface area contributed by atoms with Gasteiger partial charge in [-0.3, -0.25) is 9.78 Å². The van der Waals surface area contributed by atoms with Gasteiger partial charge < -0.3 is 20.4 Å². The molecule has 2 N–H and O–H groups in total. The van der Waals surface area contributed by atoms with Gasteiger partial charge in [0.15, 0.2) is 0 Å². The Bertz CT molecular complexity index is 1150. The SMILES string of the molecule is O=C(Cc1c(Cl)cccc1Cl)NCCCN1CCN(CCCNc2ccnc3cc(Cl)ccc23)CC1. The lowest BCUT2D eigenvalue weighted by atomic mass is 10.1. The number of fused-ring (bicyclic) bond motifs is 1. The van der Waals surface area contributed by atoms with Crippen molar-refractivity contribution in [3.05, 3.63) is 69.3 Å². The van der Waals surface area contributed by atoms with Crippen LogP contribution in [0.25, 0.3) is 10.9 Å². The van der Waals surface area contributed by atoms with Gasteiger partial charge in [0.05, 0.1) is 11.9 Å². The number of nitrogens with zero attached hydrogens (tertiary/aromatic N) is 3. The molecule has 1 aromatic heterocycles. The summed E-state index contributed by atoms with van der Waals surface area (Å²) in [4.78, 5) is 21.6. The Balaban J connectivity index is 1.08. The van der Waals surface area contributed by atoms with Crippen LogP contribution < -0.4 is 10.6 Å². The lowest BCUT2D eigenvalue weighted by Gasteiger charge is -2.34. The number of hydrogen-bond donors (Lipinski definition) is 2. The minimum Gasteiger partial charge on any atom is -0.384 e. The molecule has 36 heavy (non-hydrogen) atoms. The average Bonchev–Trinajstić information content (AvgIpc) is 2.87. The first-order valence-corrected chi connectivity index (χ1v) is 13.6. The smallest absolute Gasteiger partial charge is 0.224 e. The second-order valence-electron chi connectivity index (χ2n) is 9.06. The minimum absolute atomic E-state index is 0.0491. The van der Waals surface area contributed by atoms with E-state index in [1.165, 1.54) is 0 Å². The summed E-state index contributed by atoms with van der Waals surface area (Å²) in [5.41, 5.74) is 2.69. The average molecular weight is 549 g/mol. The molecular weight excluding hydrogens is 517 g/mol. The van der Waals surface area contributed by atoms with Crippen LogP contribution in [0.1, 0.15) is 18.4 Å². The summed E-state index contributed by atoms with van der Waals surface area (Å²) >= 11 is 18.4. The Hall–Kier alpha value is -2.09. The Morgan fingerprint density at radius 2 is 1.56 bits per heavy atom. The van der Waals surface area contributed by atoms with Crippen LogP contribution in [0.3, 0.4) is 0 Å². The van der Waals surface area contributed by atoms with Gasteiger partial charge in [-0.15, -0.1) is 0 Å². The van der Waals surface area contributed by atoms with Crippen LogP contribution >= 0.6 is 34.8 Å². The molecule has 0 bridgehead atoms. The molecule has 0 saturated carbocycles. The lowest BCUT2D eigenvalue weighted by Crippen LogP contribution is -2.47. The van der Waals surface area contributed by atoms with Crippen molar-refractivity contribution in [2.45, 2.75) is 19.3 Å². The molecule has 1 amide bonds. The monoisotopic (exact) mass is 547 g/mol. The van der Waals surface area contributed by atoms with E-state index < -0.39 is 0 Å². The van der Waals surface area contributed by atoms with Gasteiger partial charge in [0.25, 0.3) is 0 Å². The number of rotatable bonds is 11. The molecule has 0 spiro atoms. The Morgan fingerprint density at radius 3 is 2.25 bits per heavy atom. The van der Waals surface area contributed by atoms with Crippen molar-refractivity contribution in [2.24, 2.45) is 0 Å². The first-order valence-electron chi connectivity index (χ1n) is 12.4. The van der Waals surface area contributed by atoms with Gasteiger partial charge in [0, 0.05) is 71.6 Å². The molecule has 0 radical (unpaired) electrons. The summed E-state index contributed by atoms with van der Waals surface area (Å²) in [6, 6.07) is 13.1. The number of anilines is 1. The number of amides is 1. The molecule has 4 rings (SSSR count). The molecule has 2 heterocycles. The number of piperazine rings is 1. The van der Waals surface area contributed by atoms with Crippen LogP contribution in [0.5, 0.6) is 0 Å². The molecule has 0 aliphatic carbocycles. The fourth-order valence-electron chi connectivity index (χ4n) is 4.49. The van der Waals surface area contributed by atoms with E-state index in [1.807, 2.05) is 30.5 Å². The molecular formula is C27H32Cl3N5O. The zero-order chi connectivity index (χ0) is 25.3. The highest BCUT2D eigenvalue weighted by atomic mass is 35.5. The number of halogens is 3. The third-order valence-corrected chi connectivity index (χ3v) is 7.45. The van der Waals surface area contributed by atoms with Crippen molar-refractivity contribution in [1.82, 2.24) is 20.1 Å². The molecule has 9 heteroatoms. The first-order chi connectivity index (χ1) is 17.5. The zero-order valence-corrected chi connectivity index (χ0v) is 22.5. The van der Waals surface area contributed by atoms with Crippen molar-refractivity contribution < 1.29 is 4.79 Å². The molecule has 192 valence electrons. The highest BCUT2D eigenvalue weighted by molar-refractivity contribution is 6.36. The van der Waals surface area contributed by atoms with Crippen LogP contribution in [0.4, 0.5) is 5.69 Å². The number of carbonyl (C=O) groups excluding carboxylic acids is 1. The minimum atomic E-state index is -0.0491. The third kappa shape index (κ3) is 7.70. The molecule has 0 unspecified atom stereocenters. The van der Waals surface area contributed by atoms with Gasteiger partial charge in [0.1, 0.15) is 0 Å². The summed E-state index contributed by atoms with van der Waals surface area (Å²) in [7, 11) is 0. The van der Waals surface area contributed by atoms with E-state index in [0.29, 0.717) is 27.2 Å². The van der Waals surface area contributed by atoms with Gasteiger partial charge in [-0.2, -0.15) is 0 Å². The van der Waals surface area contributed by atoms with Crippen LogP contribution in [0, 0.1) is 0 Å². The van der Waals surface area contributed by atoms with Crippen molar-refractivity contribution in [3.63, 3.8) is 0 Å². The standard InChI is InChI=1S/C27H32Cl3N5O/c28-20-6-7-21-25(8-11-32-26(21)18-20)31-9-2-12-34-14-16-35(17-15-34)13-3-10-33-27(36)19-22-23(29)4-1-5-24(22)30/h1,4-8,11,18H,2-3,9-10,12-17,19H2,(H,31,32)(H,33,36). The van der Waals surface area contributed by atoms with E-state index in [-0.39, 0.29) is 12.3 Å². The predicted octanol–water partition coefficient (Wildman–Crippen LogP) is 5.36.